The molecular weight excluding hydrogens is 416 g/mol. The summed E-state index contributed by atoms with van der Waals surface area (Å²) in [4.78, 5) is 17.7. The lowest BCUT2D eigenvalue weighted by Crippen LogP contribution is -2.47. The minimum absolute atomic E-state index is 0.172. The summed E-state index contributed by atoms with van der Waals surface area (Å²) in [6.07, 6.45) is 10.6. The van der Waals surface area contributed by atoms with Crippen LogP contribution in [0.25, 0.3) is 11.1 Å². The molecule has 1 unspecified atom stereocenters. The zero-order chi connectivity index (χ0) is 22.8. The smallest absolute Gasteiger partial charge is 0.256 e. The highest BCUT2D eigenvalue weighted by Gasteiger charge is 2.39. The Morgan fingerprint density at radius 1 is 1.24 bits per heavy atom. The van der Waals surface area contributed by atoms with E-state index in [1.165, 1.54) is 19.2 Å². The van der Waals surface area contributed by atoms with Gasteiger partial charge in [0.25, 0.3) is 5.91 Å². The summed E-state index contributed by atoms with van der Waals surface area (Å²) in [6, 6.07) is 8.03. The van der Waals surface area contributed by atoms with Gasteiger partial charge >= 0.3 is 0 Å². The fourth-order valence-electron chi connectivity index (χ4n) is 4.37. The van der Waals surface area contributed by atoms with E-state index < -0.39 is 5.54 Å². The van der Waals surface area contributed by atoms with Crippen LogP contribution in [0.5, 0.6) is 5.75 Å². The molecule has 0 radical (unpaired) electrons. The number of unbranched alkanes of at least 4 members (excludes halogenated alkanes) is 1. The van der Waals surface area contributed by atoms with Gasteiger partial charge in [0.05, 0.1) is 23.9 Å². The van der Waals surface area contributed by atoms with E-state index in [0.29, 0.717) is 24.4 Å². The molecule has 3 aromatic rings. The molecule has 3 heterocycles. The maximum Gasteiger partial charge on any atom is 0.256 e. The molecule has 0 bridgehead atoms. The van der Waals surface area contributed by atoms with Crippen LogP contribution < -0.4 is 10.1 Å². The lowest BCUT2D eigenvalue weighted by molar-refractivity contribution is -0.117. The molecule has 8 heteroatoms. The van der Waals surface area contributed by atoms with Gasteiger partial charge in [-0.15, -0.1) is 0 Å². The molecule has 8 nitrogen and oxygen atoms in total. The van der Waals surface area contributed by atoms with E-state index in [-0.39, 0.29) is 5.91 Å². The van der Waals surface area contributed by atoms with Crippen molar-refractivity contribution in [2.24, 2.45) is 5.92 Å². The van der Waals surface area contributed by atoms with Crippen molar-refractivity contribution in [2.75, 3.05) is 6.61 Å². The number of benzene rings is 1. The molecule has 5 rings (SSSR count). The lowest BCUT2D eigenvalue weighted by Gasteiger charge is -2.37. The topological polar surface area (TPSA) is 97.7 Å². The molecule has 1 aromatic carbocycles. The molecule has 172 valence electrons. The van der Waals surface area contributed by atoms with E-state index >= 15 is 0 Å². The number of aromatic nitrogens is 5. The molecule has 1 atom stereocenters. The third-order valence-electron chi connectivity index (χ3n) is 6.48. The number of ether oxygens (including phenoxy) is 1. The Hall–Kier alpha value is -3.42. The second-order valence-electron chi connectivity index (χ2n) is 9.27. The molecule has 1 saturated carbocycles. The van der Waals surface area contributed by atoms with E-state index in [1.807, 2.05) is 41.3 Å². The molecule has 1 aliphatic heterocycles. The van der Waals surface area contributed by atoms with Crippen molar-refractivity contribution in [1.82, 2.24) is 30.3 Å². The summed E-state index contributed by atoms with van der Waals surface area (Å²) in [7, 11) is 0. The van der Waals surface area contributed by atoms with E-state index in [2.05, 4.69) is 39.4 Å². The van der Waals surface area contributed by atoms with Crippen molar-refractivity contribution in [3.63, 3.8) is 0 Å². The second kappa shape index (κ2) is 8.84. The number of amides is 1. The van der Waals surface area contributed by atoms with Gasteiger partial charge in [0, 0.05) is 24.7 Å². The normalized spacial score (nSPS) is 20.7. The number of rotatable bonds is 9. The summed E-state index contributed by atoms with van der Waals surface area (Å²) in [5, 5.41) is 14.6. The zero-order valence-corrected chi connectivity index (χ0v) is 19.2. The number of hydrogen-bond donors (Lipinski definition) is 2. The first-order valence-electron chi connectivity index (χ1n) is 11.7. The Bertz CT molecular complexity index is 1140. The molecule has 1 amide bonds. The minimum Gasteiger partial charge on any atom is -0.494 e. The largest absolute Gasteiger partial charge is 0.494 e. The summed E-state index contributed by atoms with van der Waals surface area (Å²) < 4.78 is 7.80. The molecule has 33 heavy (non-hydrogen) atoms. The maximum absolute atomic E-state index is 13.4. The summed E-state index contributed by atoms with van der Waals surface area (Å²) in [5.41, 5.74) is 2.84. The average molecular weight is 447 g/mol. The van der Waals surface area contributed by atoms with Crippen molar-refractivity contribution in [3.05, 3.63) is 59.9 Å². The van der Waals surface area contributed by atoms with Gasteiger partial charge in [-0.2, -0.15) is 10.2 Å². The fraction of sp³-hybridized carbons (Fsp3) is 0.440. The van der Waals surface area contributed by atoms with Gasteiger partial charge < -0.3 is 10.1 Å². The van der Waals surface area contributed by atoms with E-state index in [0.717, 1.165) is 47.8 Å². The van der Waals surface area contributed by atoms with Gasteiger partial charge in [-0.1, -0.05) is 25.5 Å². The lowest BCUT2D eigenvalue weighted by atomic mass is 9.79. The van der Waals surface area contributed by atoms with Crippen molar-refractivity contribution in [3.8, 4) is 5.75 Å². The Morgan fingerprint density at radius 2 is 2.06 bits per heavy atom. The highest BCUT2D eigenvalue weighted by atomic mass is 16.5. The van der Waals surface area contributed by atoms with Crippen LogP contribution in [-0.2, 0) is 16.9 Å². The first kappa shape index (κ1) is 21.4. The highest BCUT2D eigenvalue weighted by molar-refractivity contribution is 6.27. The zero-order valence-electron chi connectivity index (χ0n) is 19.2. The third-order valence-corrected chi connectivity index (χ3v) is 6.48. The van der Waals surface area contributed by atoms with Crippen LogP contribution in [0.2, 0.25) is 0 Å². The predicted molar refractivity (Wildman–Crippen MR) is 125 cm³/mol. The summed E-state index contributed by atoms with van der Waals surface area (Å²) in [6.45, 7) is 5.84. The van der Waals surface area contributed by atoms with Gasteiger partial charge in [-0.05, 0) is 55.4 Å². The Kier molecular flexibility index (Phi) is 5.74. The Labute approximate surface area is 193 Å². The predicted octanol–water partition coefficient (Wildman–Crippen LogP) is 3.94. The van der Waals surface area contributed by atoms with Gasteiger partial charge in [-0.3, -0.25) is 14.6 Å². The van der Waals surface area contributed by atoms with Crippen LogP contribution in [0.15, 0.2) is 43.0 Å². The molecule has 0 spiro atoms. The van der Waals surface area contributed by atoms with Crippen LogP contribution in [0.4, 0.5) is 0 Å². The second-order valence-corrected chi connectivity index (χ2v) is 9.27. The number of H-pyrrole nitrogens is 1. The number of carbonyl (C=O) groups excluding carboxylic acids is 1. The molecule has 0 saturated heterocycles. The molecule has 1 fully saturated rings. The number of nitrogens with zero attached hydrogens (tertiary/aromatic N) is 4. The average Bonchev–Trinajstić information content (AvgIpc) is 3.24. The highest BCUT2D eigenvalue weighted by Crippen LogP contribution is 2.41. The monoisotopic (exact) mass is 446 g/mol. The number of nitrogens with one attached hydrogen (secondary N) is 2. The van der Waals surface area contributed by atoms with Gasteiger partial charge in [-0.25, -0.2) is 4.98 Å². The number of hydrogen-bond acceptors (Lipinski definition) is 5. The molecule has 2 aromatic heterocycles. The first-order valence-corrected chi connectivity index (χ1v) is 11.7. The molecule has 2 N–H and O–H groups in total. The quantitative estimate of drug-likeness (QED) is 0.485. The summed E-state index contributed by atoms with van der Waals surface area (Å²) >= 11 is 0. The van der Waals surface area contributed by atoms with Crippen LogP contribution in [0, 0.1) is 5.92 Å². The van der Waals surface area contributed by atoms with Crippen LogP contribution >= 0.6 is 0 Å². The first-order chi connectivity index (χ1) is 16.1. The van der Waals surface area contributed by atoms with Crippen molar-refractivity contribution < 1.29 is 9.53 Å². The third kappa shape index (κ3) is 4.55. The van der Waals surface area contributed by atoms with Gasteiger partial charge in [0.1, 0.15) is 12.1 Å². The molecule has 2 aliphatic rings. The molecule has 1 aliphatic carbocycles. The van der Waals surface area contributed by atoms with Crippen LogP contribution in [0.3, 0.4) is 0 Å². The SMILES string of the molecule is CCCCOc1ccc(C2(C)CC(c3cnn(CC4CC4)c3)=C(c3ncn[nH]3)C(=O)N2)cc1. The van der Waals surface area contributed by atoms with Crippen LogP contribution in [0.1, 0.15) is 62.9 Å². The van der Waals surface area contributed by atoms with Gasteiger partial charge in [0.2, 0.25) is 0 Å². The summed E-state index contributed by atoms with van der Waals surface area (Å²) in [5.74, 6) is 1.86. The van der Waals surface area contributed by atoms with E-state index in [4.69, 9.17) is 4.74 Å². The van der Waals surface area contributed by atoms with Gasteiger partial charge in [0.15, 0.2) is 5.82 Å². The fourth-order valence-corrected chi connectivity index (χ4v) is 4.37. The number of carbonyl (C=O) groups is 1. The molecular formula is C25H30N6O2. The van der Waals surface area contributed by atoms with Crippen molar-refractivity contribution >= 4 is 17.1 Å². The minimum atomic E-state index is -0.573. The van der Waals surface area contributed by atoms with E-state index in [9.17, 15) is 4.79 Å². The van der Waals surface area contributed by atoms with E-state index in [1.54, 1.807) is 0 Å². The number of aromatic amines is 1. The van der Waals surface area contributed by atoms with Crippen LogP contribution in [-0.4, -0.2) is 37.5 Å². The Morgan fingerprint density at radius 3 is 2.76 bits per heavy atom. The Balaban J connectivity index is 1.47. The standard InChI is InChI=1S/C25H30N6O2/c1-3-4-11-33-20-9-7-19(8-10-20)25(2)12-21(18-13-28-31(15-18)14-17-5-6-17)22(24(32)29-25)23-26-16-27-30-23/h7-10,13,15-17H,3-6,11-12,14H2,1-2H3,(H,29,32)(H,26,27,30). The van der Waals surface area contributed by atoms with Crippen molar-refractivity contribution in [1.29, 1.82) is 0 Å². The maximum atomic E-state index is 13.4. The van der Waals surface area contributed by atoms with Crippen molar-refractivity contribution in [2.45, 2.75) is 58.0 Å².